The van der Waals surface area contributed by atoms with Crippen molar-refractivity contribution in [3.63, 3.8) is 0 Å². The Morgan fingerprint density at radius 3 is 2.77 bits per heavy atom. The first kappa shape index (κ1) is 8.73. The zero-order chi connectivity index (χ0) is 9.42. The average molecular weight is 181 g/mol. The molecule has 0 aromatic carbocycles. The van der Waals surface area contributed by atoms with Crippen LogP contribution in [0, 0.1) is 5.92 Å². The van der Waals surface area contributed by atoms with E-state index in [0.29, 0.717) is 25.4 Å². The minimum atomic E-state index is -0.00176. The van der Waals surface area contributed by atoms with Crippen molar-refractivity contribution >= 4 is 11.7 Å². The van der Waals surface area contributed by atoms with Gasteiger partial charge >= 0.3 is 0 Å². The summed E-state index contributed by atoms with van der Waals surface area (Å²) in [7, 11) is 0. The van der Waals surface area contributed by atoms with Crippen LogP contribution >= 0.6 is 0 Å². The molecule has 3 heteroatoms. The van der Waals surface area contributed by atoms with Crippen LogP contribution in [0.25, 0.3) is 0 Å². The molecule has 1 saturated carbocycles. The highest BCUT2D eigenvalue weighted by atomic mass is 16.2. The zero-order valence-electron chi connectivity index (χ0n) is 7.95. The molecular formula is C10H15NO2. The number of rotatable bonds is 3. The van der Waals surface area contributed by atoms with Gasteiger partial charge in [0, 0.05) is 31.3 Å². The van der Waals surface area contributed by atoms with E-state index in [-0.39, 0.29) is 17.6 Å². The maximum Gasteiger partial charge on any atom is 0.223 e. The Balaban J connectivity index is 1.97. The predicted molar refractivity (Wildman–Crippen MR) is 48.1 cm³/mol. The molecule has 2 rings (SSSR count). The molecule has 1 heterocycles. The summed E-state index contributed by atoms with van der Waals surface area (Å²) in [5.41, 5.74) is 0. The van der Waals surface area contributed by atoms with Crippen LogP contribution in [0.5, 0.6) is 0 Å². The molecule has 1 aliphatic carbocycles. The van der Waals surface area contributed by atoms with E-state index in [4.69, 9.17) is 0 Å². The van der Waals surface area contributed by atoms with Crippen molar-refractivity contribution in [3.05, 3.63) is 0 Å². The Morgan fingerprint density at radius 2 is 2.23 bits per heavy atom. The van der Waals surface area contributed by atoms with Crippen molar-refractivity contribution in [2.45, 2.75) is 38.6 Å². The summed E-state index contributed by atoms with van der Waals surface area (Å²) >= 11 is 0. The summed E-state index contributed by atoms with van der Waals surface area (Å²) in [6.45, 7) is 2.56. The molecule has 2 fully saturated rings. The van der Waals surface area contributed by atoms with Crippen LogP contribution in [0.15, 0.2) is 0 Å². The monoisotopic (exact) mass is 181 g/mol. The molecule has 1 amide bonds. The molecule has 2 aliphatic rings. The molecule has 1 unspecified atom stereocenters. The molecule has 3 nitrogen and oxygen atoms in total. The smallest absolute Gasteiger partial charge is 0.223 e. The van der Waals surface area contributed by atoms with Crippen molar-refractivity contribution in [1.82, 2.24) is 4.90 Å². The summed E-state index contributed by atoms with van der Waals surface area (Å²) in [4.78, 5) is 24.7. The number of hydrogen-bond donors (Lipinski definition) is 0. The van der Waals surface area contributed by atoms with Gasteiger partial charge in [-0.2, -0.15) is 0 Å². The molecule has 0 radical (unpaired) electrons. The van der Waals surface area contributed by atoms with E-state index in [1.165, 1.54) is 0 Å². The highest BCUT2D eigenvalue weighted by molar-refractivity contribution is 5.90. The molecule has 0 aromatic rings. The van der Waals surface area contributed by atoms with Crippen LogP contribution in [-0.2, 0) is 9.59 Å². The topological polar surface area (TPSA) is 37.4 Å². The standard InChI is InChI=1S/C10H15NO2/c1-2-9(12)7-5-10(13)11(6-7)8-3-4-8/h7-8H,2-6H2,1H3. The average Bonchev–Trinajstić information content (AvgIpc) is 2.89. The lowest BCUT2D eigenvalue weighted by molar-refractivity contribution is -0.128. The van der Waals surface area contributed by atoms with Crippen LogP contribution in [0.3, 0.4) is 0 Å². The van der Waals surface area contributed by atoms with Gasteiger partial charge in [0.05, 0.1) is 0 Å². The zero-order valence-corrected chi connectivity index (χ0v) is 7.95. The fourth-order valence-corrected chi connectivity index (χ4v) is 1.98. The van der Waals surface area contributed by atoms with E-state index < -0.39 is 0 Å². The Bertz CT molecular complexity index is 245. The van der Waals surface area contributed by atoms with Gasteiger partial charge in [-0.25, -0.2) is 0 Å². The third-order valence-corrected chi connectivity index (χ3v) is 2.95. The van der Waals surface area contributed by atoms with E-state index in [2.05, 4.69) is 0 Å². The predicted octanol–water partition coefficient (Wildman–Crippen LogP) is 0.976. The number of nitrogens with zero attached hydrogens (tertiary/aromatic N) is 1. The molecule has 0 bridgehead atoms. The molecule has 0 N–H and O–H groups in total. The second-order valence-corrected chi connectivity index (χ2v) is 4.00. The van der Waals surface area contributed by atoms with E-state index >= 15 is 0 Å². The van der Waals surface area contributed by atoms with E-state index in [1.807, 2.05) is 11.8 Å². The first-order valence-electron chi connectivity index (χ1n) is 5.04. The van der Waals surface area contributed by atoms with Crippen LogP contribution < -0.4 is 0 Å². The third-order valence-electron chi connectivity index (χ3n) is 2.95. The van der Waals surface area contributed by atoms with Crippen molar-refractivity contribution in [2.24, 2.45) is 5.92 Å². The van der Waals surface area contributed by atoms with Gasteiger partial charge in [0.1, 0.15) is 5.78 Å². The van der Waals surface area contributed by atoms with E-state index in [1.54, 1.807) is 0 Å². The van der Waals surface area contributed by atoms with Gasteiger partial charge in [0.15, 0.2) is 0 Å². The SMILES string of the molecule is CCC(=O)C1CC(=O)N(C2CC2)C1. The molecular weight excluding hydrogens is 166 g/mol. The normalized spacial score (nSPS) is 28.2. The number of amides is 1. The van der Waals surface area contributed by atoms with Crippen molar-refractivity contribution in [1.29, 1.82) is 0 Å². The summed E-state index contributed by atoms with van der Waals surface area (Å²) in [6, 6.07) is 0.474. The van der Waals surface area contributed by atoms with E-state index in [0.717, 1.165) is 12.8 Å². The first-order valence-corrected chi connectivity index (χ1v) is 5.04. The second kappa shape index (κ2) is 3.13. The van der Waals surface area contributed by atoms with Gasteiger partial charge in [-0.1, -0.05) is 6.92 Å². The Morgan fingerprint density at radius 1 is 1.54 bits per heavy atom. The number of ketones is 1. The lowest BCUT2D eigenvalue weighted by Gasteiger charge is -2.14. The first-order chi connectivity index (χ1) is 6.22. The van der Waals surface area contributed by atoms with Crippen molar-refractivity contribution < 1.29 is 9.59 Å². The molecule has 72 valence electrons. The summed E-state index contributed by atoms with van der Waals surface area (Å²) < 4.78 is 0. The number of carbonyl (C=O) groups is 2. The van der Waals surface area contributed by atoms with Crippen LogP contribution in [0.4, 0.5) is 0 Å². The van der Waals surface area contributed by atoms with Gasteiger partial charge < -0.3 is 4.90 Å². The van der Waals surface area contributed by atoms with E-state index in [9.17, 15) is 9.59 Å². The molecule has 0 spiro atoms. The van der Waals surface area contributed by atoms with Crippen LogP contribution in [0.1, 0.15) is 32.6 Å². The second-order valence-electron chi connectivity index (χ2n) is 4.00. The fourth-order valence-electron chi connectivity index (χ4n) is 1.98. The molecule has 1 saturated heterocycles. The summed E-state index contributed by atoms with van der Waals surface area (Å²) in [5.74, 6) is 0.434. The molecule has 0 aromatic heterocycles. The number of likely N-dealkylation sites (tertiary alicyclic amines) is 1. The van der Waals surface area contributed by atoms with Crippen LogP contribution in [0.2, 0.25) is 0 Å². The lowest BCUT2D eigenvalue weighted by atomic mass is 10.0. The number of Topliss-reactive ketones (excluding diaryl/α,β-unsaturated/α-hetero) is 1. The Hall–Kier alpha value is -0.860. The van der Waals surface area contributed by atoms with Crippen LogP contribution in [-0.4, -0.2) is 29.2 Å². The maximum atomic E-state index is 11.5. The summed E-state index contributed by atoms with van der Waals surface area (Å²) in [5, 5.41) is 0. The summed E-state index contributed by atoms with van der Waals surface area (Å²) in [6.07, 6.45) is 3.30. The van der Waals surface area contributed by atoms with Crippen molar-refractivity contribution in [2.75, 3.05) is 6.54 Å². The van der Waals surface area contributed by atoms with Gasteiger partial charge in [-0.15, -0.1) is 0 Å². The highest BCUT2D eigenvalue weighted by Crippen LogP contribution is 2.32. The van der Waals surface area contributed by atoms with Crippen molar-refractivity contribution in [3.8, 4) is 0 Å². The Kier molecular flexibility index (Phi) is 2.10. The minimum Gasteiger partial charge on any atom is -0.339 e. The fraction of sp³-hybridized carbons (Fsp3) is 0.800. The van der Waals surface area contributed by atoms with Gasteiger partial charge in [-0.3, -0.25) is 9.59 Å². The highest BCUT2D eigenvalue weighted by Gasteiger charge is 2.40. The lowest BCUT2D eigenvalue weighted by Crippen LogP contribution is -2.28. The van der Waals surface area contributed by atoms with Gasteiger partial charge in [-0.05, 0) is 12.8 Å². The third kappa shape index (κ3) is 1.60. The van der Waals surface area contributed by atoms with Gasteiger partial charge in [0.2, 0.25) is 5.91 Å². The molecule has 1 atom stereocenters. The quantitative estimate of drug-likeness (QED) is 0.650. The Labute approximate surface area is 78.1 Å². The van der Waals surface area contributed by atoms with Gasteiger partial charge in [0.25, 0.3) is 0 Å². The maximum absolute atomic E-state index is 11.5. The molecule has 13 heavy (non-hydrogen) atoms. The minimum absolute atomic E-state index is 0.00176. The molecule has 1 aliphatic heterocycles. The number of hydrogen-bond acceptors (Lipinski definition) is 2. The number of carbonyl (C=O) groups excluding carboxylic acids is 2. The largest absolute Gasteiger partial charge is 0.339 e.